The van der Waals surface area contributed by atoms with Gasteiger partial charge in [0.15, 0.2) is 0 Å². The Labute approximate surface area is 74.7 Å². The van der Waals surface area contributed by atoms with Gasteiger partial charge in [-0.15, -0.1) is 0 Å². The van der Waals surface area contributed by atoms with Crippen molar-refractivity contribution in [2.45, 2.75) is 32.8 Å². The van der Waals surface area contributed by atoms with Crippen molar-refractivity contribution in [3.05, 3.63) is 0 Å². The number of hydrogen-bond donors (Lipinski definition) is 1. The first-order chi connectivity index (χ1) is 5.72. The van der Waals surface area contributed by atoms with E-state index >= 15 is 0 Å². The molecule has 1 atom stereocenters. The van der Waals surface area contributed by atoms with Gasteiger partial charge < -0.3 is 10.1 Å². The zero-order chi connectivity index (χ0) is 8.60. The van der Waals surface area contributed by atoms with Crippen LogP contribution in [-0.4, -0.2) is 25.8 Å². The Hall–Kier alpha value is -0.0800. The van der Waals surface area contributed by atoms with E-state index in [0.29, 0.717) is 17.4 Å². The molecule has 2 aliphatic heterocycles. The third-order valence-corrected chi connectivity index (χ3v) is 3.31. The summed E-state index contributed by atoms with van der Waals surface area (Å²) in [6.07, 6.45) is 3.15. The quantitative estimate of drug-likeness (QED) is 0.641. The Kier molecular flexibility index (Phi) is 2.13. The van der Waals surface area contributed by atoms with E-state index in [1.165, 1.54) is 25.9 Å². The minimum Gasteiger partial charge on any atom is -0.377 e. The number of hydrogen-bond acceptors (Lipinski definition) is 2. The van der Waals surface area contributed by atoms with E-state index in [4.69, 9.17) is 4.74 Å². The monoisotopic (exact) mass is 169 g/mol. The molecule has 2 aliphatic rings. The Morgan fingerprint density at radius 2 is 2.17 bits per heavy atom. The second-order valence-corrected chi connectivity index (χ2v) is 4.74. The summed E-state index contributed by atoms with van der Waals surface area (Å²) in [7, 11) is 0. The summed E-state index contributed by atoms with van der Waals surface area (Å²) in [6.45, 7) is 7.85. The van der Waals surface area contributed by atoms with Gasteiger partial charge in [0, 0.05) is 18.5 Å². The molecule has 12 heavy (non-hydrogen) atoms. The maximum Gasteiger partial charge on any atom is 0.0598 e. The van der Waals surface area contributed by atoms with Crippen molar-refractivity contribution in [1.82, 2.24) is 5.32 Å². The third kappa shape index (κ3) is 1.38. The maximum atomic E-state index is 5.86. The lowest BCUT2D eigenvalue weighted by molar-refractivity contribution is -0.0990. The fourth-order valence-electron chi connectivity index (χ4n) is 2.17. The van der Waals surface area contributed by atoms with Gasteiger partial charge in [-0.1, -0.05) is 13.8 Å². The van der Waals surface area contributed by atoms with Crippen LogP contribution in [0.15, 0.2) is 0 Å². The van der Waals surface area contributed by atoms with Crippen molar-refractivity contribution < 1.29 is 4.74 Å². The molecule has 0 bridgehead atoms. The average Bonchev–Trinajstić information content (AvgIpc) is 2.02. The first-order valence-corrected chi connectivity index (χ1v) is 5.04. The van der Waals surface area contributed by atoms with Crippen LogP contribution in [0.1, 0.15) is 26.7 Å². The molecule has 2 fully saturated rings. The highest BCUT2D eigenvalue weighted by atomic mass is 16.5. The molecule has 0 aliphatic carbocycles. The molecule has 70 valence electrons. The molecule has 1 unspecified atom stereocenters. The molecule has 2 heteroatoms. The molecule has 0 aromatic carbocycles. The van der Waals surface area contributed by atoms with Crippen molar-refractivity contribution in [2.24, 2.45) is 11.3 Å². The lowest BCUT2D eigenvalue weighted by Gasteiger charge is -2.47. The maximum absolute atomic E-state index is 5.86. The van der Waals surface area contributed by atoms with Crippen molar-refractivity contribution in [2.75, 3.05) is 19.7 Å². The van der Waals surface area contributed by atoms with Crippen molar-refractivity contribution in [3.8, 4) is 0 Å². The van der Waals surface area contributed by atoms with Crippen LogP contribution in [0.4, 0.5) is 0 Å². The second-order valence-electron chi connectivity index (χ2n) is 4.74. The van der Waals surface area contributed by atoms with E-state index in [0.717, 1.165) is 6.61 Å². The summed E-state index contributed by atoms with van der Waals surface area (Å²) < 4.78 is 5.86. The normalized spacial score (nSPS) is 33.8. The van der Waals surface area contributed by atoms with Crippen LogP contribution < -0.4 is 5.32 Å². The van der Waals surface area contributed by atoms with E-state index in [1.807, 2.05) is 0 Å². The molecule has 0 aromatic heterocycles. The predicted molar refractivity (Wildman–Crippen MR) is 49.1 cm³/mol. The summed E-state index contributed by atoms with van der Waals surface area (Å²) in [5.41, 5.74) is 0.533. The first-order valence-electron chi connectivity index (χ1n) is 5.04. The topological polar surface area (TPSA) is 21.3 Å². The number of ether oxygens (including phenoxy) is 1. The molecule has 0 saturated carbocycles. The van der Waals surface area contributed by atoms with Crippen molar-refractivity contribution in [1.29, 1.82) is 0 Å². The van der Waals surface area contributed by atoms with Crippen LogP contribution in [0.5, 0.6) is 0 Å². The predicted octanol–water partition coefficient (Wildman–Crippen LogP) is 1.41. The van der Waals surface area contributed by atoms with E-state index < -0.39 is 0 Å². The van der Waals surface area contributed by atoms with Crippen molar-refractivity contribution >= 4 is 0 Å². The number of nitrogens with one attached hydrogen (secondary N) is 1. The SMILES string of the molecule is CC(C)C1CCC2(CNC2)CO1. The van der Waals surface area contributed by atoms with Gasteiger partial charge >= 0.3 is 0 Å². The van der Waals surface area contributed by atoms with E-state index in [-0.39, 0.29) is 0 Å². The fraction of sp³-hybridized carbons (Fsp3) is 1.00. The molecule has 2 heterocycles. The van der Waals surface area contributed by atoms with E-state index in [2.05, 4.69) is 19.2 Å². The zero-order valence-corrected chi connectivity index (χ0v) is 8.10. The summed E-state index contributed by atoms with van der Waals surface area (Å²) in [6, 6.07) is 0. The molecule has 2 saturated heterocycles. The lowest BCUT2D eigenvalue weighted by atomic mass is 9.75. The Morgan fingerprint density at radius 3 is 2.50 bits per heavy atom. The van der Waals surface area contributed by atoms with Crippen LogP contribution in [0.3, 0.4) is 0 Å². The van der Waals surface area contributed by atoms with Crippen LogP contribution in [0, 0.1) is 11.3 Å². The Morgan fingerprint density at radius 1 is 1.42 bits per heavy atom. The first kappa shape index (κ1) is 8.52. The van der Waals surface area contributed by atoms with E-state index in [9.17, 15) is 0 Å². The van der Waals surface area contributed by atoms with Gasteiger partial charge in [0.2, 0.25) is 0 Å². The highest BCUT2D eigenvalue weighted by molar-refractivity contribution is 4.95. The molecule has 1 spiro atoms. The van der Waals surface area contributed by atoms with Crippen LogP contribution >= 0.6 is 0 Å². The summed E-state index contributed by atoms with van der Waals surface area (Å²) in [4.78, 5) is 0. The fourth-order valence-corrected chi connectivity index (χ4v) is 2.17. The Balaban J connectivity index is 1.84. The molecular formula is C10H19NO. The minimum absolute atomic E-state index is 0.524. The molecule has 2 rings (SSSR count). The van der Waals surface area contributed by atoms with Crippen LogP contribution in [0.2, 0.25) is 0 Å². The van der Waals surface area contributed by atoms with Gasteiger partial charge in [0.05, 0.1) is 12.7 Å². The molecule has 1 N–H and O–H groups in total. The second kappa shape index (κ2) is 3.00. The highest BCUT2D eigenvalue weighted by Crippen LogP contribution is 2.36. The van der Waals surface area contributed by atoms with Gasteiger partial charge in [-0.05, 0) is 18.8 Å². The van der Waals surface area contributed by atoms with Gasteiger partial charge in [-0.3, -0.25) is 0 Å². The van der Waals surface area contributed by atoms with Gasteiger partial charge in [0.1, 0.15) is 0 Å². The summed E-state index contributed by atoms with van der Waals surface area (Å²) in [5.74, 6) is 0.690. The lowest BCUT2D eigenvalue weighted by Crippen LogP contribution is -2.58. The minimum atomic E-state index is 0.524. The summed E-state index contributed by atoms with van der Waals surface area (Å²) in [5, 5.41) is 3.34. The largest absolute Gasteiger partial charge is 0.377 e. The van der Waals surface area contributed by atoms with Gasteiger partial charge in [0.25, 0.3) is 0 Å². The molecule has 0 aromatic rings. The summed E-state index contributed by atoms with van der Waals surface area (Å²) >= 11 is 0. The number of rotatable bonds is 1. The van der Waals surface area contributed by atoms with E-state index in [1.54, 1.807) is 0 Å². The van der Waals surface area contributed by atoms with Crippen LogP contribution in [0.25, 0.3) is 0 Å². The molecule has 0 radical (unpaired) electrons. The van der Waals surface area contributed by atoms with Gasteiger partial charge in [-0.2, -0.15) is 0 Å². The third-order valence-electron chi connectivity index (χ3n) is 3.31. The van der Waals surface area contributed by atoms with Gasteiger partial charge in [-0.25, -0.2) is 0 Å². The molecule has 0 amide bonds. The van der Waals surface area contributed by atoms with Crippen molar-refractivity contribution in [3.63, 3.8) is 0 Å². The smallest absolute Gasteiger partial charge is 0.0598 e. The Bertz CT molecular complexity index is 153. The highest BCUT2D eigenvalue weighted by Gasteiger charge is 2.41. The molecule has 2 nitrogen and oxygen atoms in total. The average molecular weight is 169 g/mol. The molecular weight excluding hydrogens is 150 g/mol. The van der Waals surface area contributed by atoms with Crippen LogP contribution in [-0.2, 0) is 4.74 Å². The standard InChI is InChI=1S/C10H19NO/c1-8(2)9-3-4-10(7-12-9)5-11-6-10/h8-9,11H,3-7H2,1-2H3. The zero-order valence-electron chi connectivity index (χ0n) is 8.10.